The Morgan fingerprint density at radius 2 is 1.82 bits per heavy atom. The summed E-state index contributed by atoms with van der Waals surface area (Å²) in [7, 11) is 0. The van der Waals surface area contributed by atoms with Crippen molar-refractivity contribution in [3.05, 3.63) is 85.8 Å². The zero-order valence-electron chi connectivity index (χ0n) is 17.7. The fourth-order valence-corrected chi connectivity index (χ4v) is 1.89. The van der Waals surface area contributed by atoms with Crippen LogP contribution in [-0.2, 0) is 16.1 Å². The molecule has 0 aliphatic carbocycles. The first kappa shape index (κ1) is 27.3. The monoisotopic (exact) mass is 386 g/mol. The minimum atomic E-state index is -0.346. The number of esters is 1. The van der Waals surface area contributed by atoms with Crippen molar-refractivity contribution in [2.45, 2.75) is 34.2 Å². The molecule has 0 amide bonds. The second kappa shape index (κ2) is 16.3. The second-order valence-electron chi connectivity index (χ2n) is 5.24. The third-order valence-corrected chi connectivity index (χ3v) is 3.20. The van der Waals surface area contributed by atoms with Crippen LogP contribution in [0.3, 0.4) is 0 Å². The van der Waals surface area contributed by atoms with E-state index in [-0.39, 0.29) is 19.1 Å². The van der Waals surface area contributed by atoms with Gasteiger partial charge in [0.25, 0.3) is 0 Å². The number of hydrogen-bond acceptors (Lipinski definition) is 4. The van der Waals surface area contributed by atoms with E-state index < -0.39 is 0 Å². The lowest BCUT2D eigenvalue weighted by Crippen LogP contribution is -2.15. The van der Waals surface area contributed by atoms with Crippen LogP contribution >= 0.6 is 0 Å². The number of carbonyl (C=O) groups is 1. The van der Waals surface area contributed by atoms with E-state index in [9.17, 15) is 4.79 Å². The smallest absolute Gasteiger partial charge is 0.327 e. The largest absolute Gasteiger partial charge is 0.465 e. The highest BCUT2D eigenvalue weighted by molar-refractivity contribution is 5.73. The number of aromatic nitrogens is 2. The Kier molecular flexibility index (Phi) is 15.9. The highest BCUT2D eigenvalue weighted by Crippen LogP contribution is 2.17. The van der Waals surface area contributed by atoms with Crippen LogP contribution in [0.4, 0.5) is 0 Å². The molecule has 1 N–H and O–H groups in total. The van der Waals surface area contributed by atoms with E-state index in [2.05, 4.69) is 38.0 Å². The SMILES string of the molecule is C=C.C=C(/C=C\C(=C)c1ccnn1CC(=O)OCC)C(=C)/C=C(\C)CO.CC. The topological polar surface area (TPSA) is 64.4 Å². The number of carbonyl (C=O) groups excluding carboxylic acids is 1. The third kappa shape index (κ3) is 10.3. The van der Waals surface area contributed by atoms with Crippen molar-refractivity contribution in [3.8, 4) is 0 Å². The third-order valence-electron chi connectivity index (χ3n) is 3.20. The first-order chi connectivity index (χ1) is 13.4. The van der Waals surface area contributed by atoms with Gasteiger partial charge >= 0.3 is 5.97 Å². The van der Waals surface area contributed by atoms with Gasteiger partial charge in [0.2, 0.25) is 0 Å². The molecule has 5 heteroatoms. The molecule has 0 saturated heterocycles. The van der Waals surface area contributed by atoms with Gasteiger partial charge in [-0.3, -0.25) is 9.48 Å². The lowest BCUT2D eigenvalue weighted by molar-refractivity contribution is -0.144. The maximum atomic E-state index is 11.6. The quantitative estimate of drug-likeness (QED) is 0.373. The van der Waals surface area contributed by atoms with Gasteiger partial charge in [0.05, 0.1) is 18.9 Å². The van der Waals surface area contributed by atoms with Crippen molar-refractivity contribution in [2.75, 3.05) is 13.2 Å². The van der Waals surface area contributed by atoms with Gasteiger partial charge in [0, 0.05) is 6.20 Å². The fourth-order valence-electron chi connectivity index (χ4n) is 1.89. The van der Waals surface area contributed by atoms with Crippen molar-refractivity contribution in [3.63, 3.8) is 0 Å². The number of hydrogen-bond donors (Lipinski definition) is 1. The normalized spacial score (nSPS) is 10.2. The molecule has 0 aromatic carbocycles. The van der Waals surface area contributed by atoms with E-state index in [1.165, 1.54) is 4.68 Å². The first-order valence-electron chi connectivity index (χ1n) is 9.10. The van der Waals surface area contributed by atoms with Crippen LogP contribution in [0.15, 0.2) is 80.1 Å². The van der Waals surface area contributed by atoms with Gasteiger partial charge in [-0.25, -0.2) is 0 Å². The first-order valence-corrected chi connectivity index (χ1v) is 9.10. The van der Waals surface area contributed by atoms with E-state index in [1.54, 1.807) is 37.4 Å². The molecule has 0 aliphatic rings. The van der Waals surface area contributed by atoms with Crippen molar-refractivity contribution in [1.29, 1.82) is 0 Å². The van der Waals surface area contributed by atoms with Gasteiger partial charge in [-0.1, -0.05) is 51.8 Å². The average Bonchev–Trinajstić information content (AvgIpc) is 3.16. The van der Waals surface area contributed by atoms with Crippen LogP contribution in [-0.4, -0.2) is 34.1 Å². The van der Waals surface area contributed by atoms with Gasteiger partial charge in [-0.15, -0.1) is 13.2 Å². The molecule has 1 heterocycles. The zero-order valence-corrected chi connectivity index (χ0v) is 17.7. The predicted octanol–water partition coefficient (Wildman–Crippen LogP) is 4.90. The van der Waals surface area contributed by atoms with Crippen LogP contribution in [0.5, 0.6) is 0 Å². The molecule has 0 fully saturated rings. The summed E-state index contributed by atoms with van der Waals surface area (Å²) in [6.07, 6.45) is 6.96. The number of allylic oxidation sites excluding steroid dienone is 6. The molecule has 0 bridgehead atoms. The summed E-state index contributed by atoms with van der Waals surface area (Å²) in [6.45, 7) is 25.8. The summed E-state index contributed by atoms with van der Waals surface area (Å²) in [5, 5.41) is 13.1. The molecule has 0 aliphatic heterocycles. The Hall–Kier alpha value is -2.92. The van der Waals surface area contributed by atoms with E-state index in [4.69, 9.17) is 9.84 Å². The summed E-state index contributed by atoms with van der Waals surface area (Å²) in [5.74, 6) is -0.346. The molecule has 1 aromatic rings. The molecule has 0 unspecified atom stereocenters. The zero-order chi connectivity index (χ0) is 22.1. The Morgan fingerprint density at radius 3 is 2.36 bits per heavy atom. The van der Waals surface area contributed by atoms with Crippen LogP contribution in [0, 0.1) is 0 Å². The molecule has 0 atom stereocenters. The average molecular weight is 387 g/mol. The highest BCUT2D eigenvalue weighted by atomic mass is 16.5. The van der Waals surface area contributed by atoms with E-state index in [1.807, 2.05) is 20.8 Å². The van der Waals surface area contributed by atoms with Crippen molar-refractivity contribution >= 4 is 11.5 Å². The summed E-state index contributed by atoms with van der Waals surface area (Å²) in [5.41, 5.74) is 3.64. The fraction of sp³-hybridized carbons (Fsp3) is 0.304. The Morgan fingerprint density at radius 1 is 1.21 bits per heavy atom. The van der Waals surface area contributed by atoms with Gasteiger partial charge in [-0.05, 0) is 42.2 Å². The van der Waals surface area contributed by atoms with E-state index in [0.717, 1.165) is 11.3 Å². The summed E-state index contributed by atoms with van der Waals surface area (Å²) < 4.78 is 6.47. The van der Waals surface area contributed by atoms with Crippen LogP contribution in [0.2, 0.25) is 0 Å². The minimum Gasteiger partial charge on any atom is -0.465 e. The van der Waals surface area contributed by atoms with Gasteiger partial charge in [0.15, 0.2) is 0 Å². The lowest BCUT2D eigenvalue weighted by Gasteiger charge is -2.07. The Balaban J connectivity index is 0. The molecule has 0 saturated carbocycles. The van der Waals surface area contributed by atoms with E-state index >= 15 is 0 Å². The summed E-state index contributed by atoms with van der Waals surface area (Å²) in [6, 6.07) is 1.78. The number of rotatable bonds is 9. The van der Waals surface area contributed by atoms with Crippen LogP contribution in [0.1, 0.15) is 33.4 Å². The molecule has 0 spiro atoms. The second-order valence-corrected chi connectivity index (χ2v) is 5.24. The predicted molar refractivity (Wildman–Crippen MR) is 119 cm³/mol. The Bertz CT molecular complexity index is 709. The maximum Gasteiger partial charge on any atom is 0.327 e. The lowest BCUT2D eigenvalue weighted by atomic mass is 10.0. The minimum absolute atomic E-state index is 0.0181. The standard InChI is InChI=1S/C19H24N2O3.C2H6.C2H4/c1-6-24-19(23)12-21-18(9-10-20-21)16(4)8-7-15(3)17(5)11-14(2)13-22;2*1-2/h7-11,22H,3-6,12-13H2,1-2H3;1-2H3;1-2H2/b8-7-,14-11+;;. The molecule has 1 rings (SSSR count). The molecule has 28 heavy (non-hydrogen) atoms. The van der Waals surface area contributed by atoms with Gasteiger partial charge in [0.1, 0.15) is 6.54 Å². The Labute approximate surface area is 169 Å². The highest BCUT2D eigenvalue weighted by Gasteiger charge is 2.09. The van der Waals surface area contributed by atoms with E-state index in [0.29, 0.717) is 23.3 Å². The van der Waals surface area contributed by atoms with Crippen molar-refractivity contribution < 1.29 is 14.6 Å². The van der Waals surface area contributed by atoms with Gasteiger partial charge < -0.3 is 9.84 Å². The summed E-state index contributed by atoms with van der Waals surface area (Å²) >= 11 is 0. The number of nitrogens with zero attached hydrogens (tertiary/aromatic N) is 2. The van der Waals surface area contributed by atoms with Gasteiger partial charge in [-0.2, -0.15) is 5.10 Å². The number of aliphatic hydroxyl groups is 1. The molecule has 1 aromatic heterocycles. The molecular formula is C23H34N2O3. The van der Waals surface area contributed by atoms with Crippen LogP contribution < -0.4 is 0 Å². The number of aliphatic hydroxyl groups excluding tert-OH is 1. The molecular weight excluding hydrogens is 352 g/mol. The molecule has 154 valence electrons. The van der Waals surface area contributed by atoms with Crippen molar-refractivity contribution in [2.24, 2.45) is 0 Å². The maximum absolute atomic E-state index is 11.6. The van der Waals surface area contributed by atoms with Crippen LogP contribution in [0.25, 0.3) is 5.57 Å². The number of ether oxygens (including phenoxy) is 1. The molecule has 0 radical (unpaired) electrons. The van der Waals surface area contributed by atoms with Crippen molar-refractivity contribution in [1.82, 2.24) is 9.78 Å². The summed E-state index contributed by atoms with van der Waals surface area (Å²) in [4.78, 5) is 11.6. The molecule has 5 nitrogen and oxygen atoms in total.